The number of hydrogen-bond donors (Lipinski definition) is 0. The van der Waals surface area contributed by atoms with E-state index in [9.17, 15) is 0 Å². The van der Waals surface area contributed by atoms with Gasteiger partial charge in [0.1, 0.15) is 0 Å². The summed E-state index contributed by atoms with van der Waals surface area (Å²) in [5.74, 6) is 0.531. The van der Waals surface area contributed by atoms with Crippen LogP contribution in [-0.4, -0.2) is 0 Å². The topological polar surface area (TPSA) is 0 Å². The Morgan fingerprint density at radius 1 is 1.13 bits per heavy atom. The summed E-state index contributed by atoms with van der Waals surface area (Å²) in [6.45, 7) is 11.6. The molecule has 0 N–H and O–H groups in total. The second-order valence-electron chi connectivity index (χ2n) is 7.67. The first-order valence-electron chi connectivity index (χ1n) is 9.10. The summed E-state index contributed by atoms with van der Waals surface area (Å²) in [6.07, 6.45) is 19.1. The van der Waals surface area contributed by atoms with E-state index in [-0.39, 0.29) is 5.41 Å². The summed E-state index contributed by atoms with van der Waals surface area (Å²) in [6, 6.07) is 0. The fourth-order valence-corrected chi connectivity index (χ4v) is 4.54. The standard InChI is InChI=1S/C23H30/c1-6-23(5)20-14-17(3)9-7-11-19(15-20)22-18(4)13-16(2)10-8-12-21(22)23/h7,9-10,13-15,20H,6,8,11-12H2,1-5H3/b9-7?,16-10-,17-14-,18-13-. The predicted molar refractivity (Wildman–Crippen MR) is 101 cm³/mol. The number of rotatable bonds is 1. The molecule has 0 aromatic rings. The van der Waals surface area contributed by atoms with Crippen LogP contribution < -0.4 is 0 Å². The number of hydrogen-bond acceptors (Lipinski definition) is 0. The second-order valence-corrected chi connectivity index (χ2v) is 7.67. The molecule has 0 aromatic heterocycles. The van der Waals surface area contributed by atoms with Gasteiger partial charge in [0.2, 0.25) is 0 Å². The van der Waals surface area contributed by atoms with E-state index in [1.807, 2.05) is 0 Å². The fraction of sp³-hybridized carbons (Fsp3) is 0.478. The molecule has 0 aromatic carbocycles. The largest absolute Gasteiger partial charge is 0.0813 e. The Bertz CT molecular complexity index is 688. The van der Waals surface area contributed by atoms with E-state index in [1.54, 1.807) is 16.7 Å². The van der Waals surface area contributed by atoms with Crippen molar-refractivity contribution in [3.8, 4) is 0 Å². The molecule has 2 unspecified atom stereocenters. The van der Waals surface area contributed by atoms with Crippen LogP contribution in [0.4, 0.5) is 0 Å². The van der Waals surface area contributed by atoms with E-state index < -0.39 is 0 Å². The van der Waals surface area contributed by atoms with Gasteiger partial charge in [-0.2, -0.15) is 0 Å². The second kappa shape index (κ2) is 6.15. The average Bonchev–Trinajstić information content (AvgIpc) is 2.47. The summed E-state index contributed by atoms with van der Waals surface area (Å²) in [7, 11) is 0. The highest BCUT2D eigenvalue weighted by molar-refractivity contribution is 5.57. The summed E-state index contributed by atoms with van der Waals surface area (Å²) < 4.78 is 0. The van der Waals surface area contributed by atoms with Crippen molar-refractivity contribution in [2.45, 2.75) is 60.3 Å². The van der Waals surface area contributed by atoms with Gasteiger partial charge in [-0.3, -0.25) is 0 Å². The average molecular weight is 306 g/mol. The van der Waals surface area contributed by atoms with Crippen molar-refractivity contribution < 1.29 is 0 Å². The van der Waals surface area contributed by atoms with Gasteiger partial charge in [0.05, 0.1) is 0 Å². The van der Waals surface area contributed by atoms with Gasteiger partial charge in [-0.15, -0.1) is 0 Å². The Kier molecular flexibility index (Phi) is 4.36. The summed E-state index contributed by atoms with van der Waals surface area (Å²) >= 11 is 0. The highest BCUT2D eigenvalue weighted by Gasteiger charge is 2.39. The Hall–Kier alpha value is -1.56. The molecular formula is C23H30. The molecule has 0 nitrogen and oxygen atoms in total. The number of allylic oxidation sites excluding steroid dienone is 12. The third kappa shape index (κ3) is 2.84. The molecule has 0 radical (unpaired) electrons. The van der Waals surface area contributed by atoms with Gasteiger partial charge in [0.15, 0.2) is 0 Å². The molecule has 0 fully saturated rings. The molecule has 0 aliphatic heterocycles. The first kappa shape index (κ1) is 16.3. The van der Waals surface area contributed by atoms with Crippen molar-refractivity contribution in [2.24, 2.45) is 11.3 Å². The van der Waals surface area contributed by atoms with E-state index in [2.05, 4.69) is 71.1 Å². The van der Waals surface area contributed by atoms with E-state index in [0.717, 1.165) is 6.42 Å². The van der Waals surface area contributed by atoms with Crippen molar-refractivity contribution in [2.75, 3.05) is 0 Å². The van der Waals surface area contributed by atoms with Crippen LogP contribution in [0.2, 0.25) is 0 Å². The van der Waals surface area contributed by atoms with Crippen LogP contribution in [0.3, 0.4) is 0 Å². The minimum Gasteiger partial charge on any atom is -0.0813 e. The highest BCUT2D eigenvalue weighted by atomic mass is 14.4. The van der Waals surface area contributed by atoms with Gasteiger partial charge in [-0.25, -0.2) is 0 Å². The molecule has 3 rings (SSSR count). The predicted octanol–water partition coefficient (Wildman–Crippen LogP) is 6.85. The molecule has 0 heteroatoms. The smallest absolute Gasteiger partial charge is 0.00497 e. The minimum absolute atomic E-state index is 0.249. The molecule has 0 heterocycles. The van der Waals surface area contributed by atoms with Crippen molar-refractivity contribution in [1.29, 1.82) is 0 Å². The van der Waals surface area contributed by atoms with E-state index in [1.165, 1.54) is 36.0 Å². The van der Waals surface area contributed by atoms with Gasteiger partial charge in [-0.1, -0.05) is 67.0 Å². The van der Waals surface area contributed by atoms with Gasteiger partial charge in [0, 0.05) is 5.92 Å². The lowest BCUT2D eigenvalue weighted by Crippen LogP contribution is -2.32. The molecule has 23 heavy (non-hydrogen) atoms. The van der Waals surface area contributed by atoms with Crippen LogP contribution in [0.1, 0.15) is 60.3 Å². The molecule has 0 amide bonds. The molecule has 0 saturated carbocycles. The Balaban J connectivity index is 2.23. The third-order valence-corrected chi connectivity index (χ3v) is 6.02. The van der Waals surface area contributed by atoms with Gasteiger partial charge >= 0.3 is 0 Å². The van der Waals surface area contributed by atoms with Gasteiger partial charge in [0.25, 0.3) is 0 Å². The zero-order valence-electron chi connectivity index (χ0n) is 15.4. The quantitative estimate of drug-likeness (QED) is 0.497. The van der Waals surface area contributed by atoms with E-state index >= 15 is 0 Å². The molecule has 3 aliphatic carbocycles. The maximum absolute atomic E-state index is 2.56. The van der Waals surface area contributed by atoms with Crippen LogP contribution in [0.5, 0.6) is 0 Å². The van der Waals surface area contributed by atoms with Crippen LogP contribution in [0, 0.1) is 11.3 Å². The highest BCUT2D eigenvalue weighted by Crippen LogP contribution is 2.52. The van der Waals surface area contributed by atoms with Crippen LogP contribution >= 0.6 is 0 Å². The monoisotopic (exact) mass is 306 g/mol. The molecule has 3 aliphatic rings. The SMILES string of the molecule is CCC1(C)C2=C(C3=CC1/C=C(/C)C=CC3)/C(C)=C\C(C)=C/CC2. The van der Waals surface area contributed by atoms with Crippen LogP contribution in [0.25, 0.3) is 0 Å². The zero-order chi connectivity index (χ0) is 16.6. The van der Waals surface area contributed by atoms with E-state index in [4.69, 9.17) is 0 Å². The maximum atomic E-state index is 2.56. The lowest BCUT2D eigenvalue weighted by molar-refractivity contribution is 0.299. The normalized spacial score (nSPS) is 37.7. The fourth-order valence-electron chi connectivity index (χ4n) is 4.54. The molecule has 0 spiro atoms. The lowest BCUT2D eigenvalue weighted by atomic mass is 9.60. The molecule has 122 valence electrons. The molecule has 2 bridgehead atoms. The zero-order valence-corrected chi connectivity index (χ0v) is 15.4. The van der Waals surface area contributed by atoms with Crippen molar-refractivity contribution in [3.05, 3.63) is 69.9 Å². The van der Waals surface area contributed by atoms with Gasteiger partial charge < -0.3 is 0 Å². The first-order valence-corrected chi connectivity index (χ1v) is 9.10. The summed E-state index contributed by atoms with van der Waals surface area (Å²) in [5.41, 5.74) is 9.32. The minimum atomic E-state index is 0.249. The van der Waals surface area contributed by atoms with Crippen molar-refractivity contribution in [3.63, 3.8) is 0 Å². The van der Waals surface area contributed by atoms with Crippen molar-refractivity contribution >= 4 is 0 Å². The molecular weight excluding hydrogens is 276 g/mol. The summed E-state index contributed by atoms with van der Waals surface area (Å²) in [4.78, 5) is 0. The summed E-state index contributed by atoms with van der Waals surface area (Å²) in [5, 5.41) is 0. The van der Waals surface area contributed by atoms with Crippen molar-refractivity contribution in [1.82, 2.24) is 0 Å². The van der Waals surface area contributed by atoms with E-state index in [0.29, 0.717) is 5.92 Å². The third-order valence-electron chi connectivity index (χ3n) is 6.02. The number of fused-ring (bicyclic) bond motifs is 2. The maximum Gasteiger partial charge on any atom is 0.00497 e. The molecule has 0 saturated heterocycles. The molecule has 2 atom stereocenters. The first-order chi connectivity index (χ1) is 11.0. The van der Waals surface area contributed by atoms with Crippen LogP contribution in [-0.2, 0) is 0 Å². The Labute approximate surface area is 142 Å². The van der Waals surface area contributed by atoms with Crippen LogP contribution in [0.15, 0.2) is 69.9 Å². The lowest BCUT2D eigenvalue weighted by Gasteiger charge is -2.44. The Morgan fingerprint density at radius 3 is 2.65 bits per heavy atom. The van der Waals surface area contributed by atoms with Gasteiger partial charge in [-0.05, 0) is 68.6 Å². The Morgan fingerprint density at radius 2 is 1.91 bits per heavy atom.